The minimum Gasteiger partial charge on any atom is -0.493 e. The van der Waals surface area contributed by atoms with Gasteiger partial charge in [-0.15, -0.1) is 0 Å². The maximum atomic E-state index is 13.2. The normalized spacial score (nSPS) is 12.9. The highest BCUT2D eigenvalue weighted by Gasteiger charge is 2.28. The van der Waals surface area contributed by atoms with Crippen LogP contribution in [0.3, 0.4) is 0 Å². The molecule has 0 heterocycles. The van der Waals surface area contributed by atoms with Crippen LogP contribution in [0.4, 0.5) is 0 Å². The van der Waals surface area contributed by atoms with Crippen molar-refractivity contribution in [3.05, 3.63) is 115 Å². The van der Waals surface area contributed by atoms with E-state index in [1.807, 2.05) is 97.1 Å². The molecule has 0 aliphatic rings. The number of hydrogen-bond acceptors (Lipinski definition) is 4. The quantitative estimate of drug-likeness (QED) is 0.244. The standard InChI is InChI=1S/C28H23O5P/c29-34(30,32-27-16-8-11-21-9-4-6-14-25(21)27)33-28-23(18-17-22-10-5-7-15-26(22)28)19-20-31-24-12-2-1-3-13-24/h1-18H,19-20H2,(H,29,30). The number of para-hydroxylation sites is 1. The van der Waals surface area contributed by atoms with Gasteiger partial charge in [0.1, 0.15) is 17.2 Å². The molecule has 0 spiro atoms. The van der Waals surface area contributed by atoms with E-state index in [4.69, 9.17) is 13.8 Å². The van der Waals surface area contributed by atoms with Crippen LogP contribution in [0.15, 0.2) is 109 Å². The van der Waals surface area contributed by atoms with Crippen LogP contribution in [0, 0.1) is 0 Å². The van der Waals surface area contributed by atoms with E-state index in [1.165, 1.54) is 0 Å². The largest absolute Gasteiger partial charge is 0.584 e. The first-order valence-electron chi connectivity index (χ1n) is 11.0. The molecule has 0 aliphatic carbocycles. The van der Waals surface area contributed by atoms with Gasteiger partial charge in [0.25, 0.3) is 0 Å². The van der Waals surface area contributed by atoms with Crippen molar-refractivity contribution in [2.75, 3.05) is 6.61 Å². The molecule has 0 radical (unpaired) electrons. The second-order valence-electron chi connectivity index (χ2n) is 7.81. The number of phosphoric acid groups is 1. The minimum absolute atomic E-state index is 0.290. The summed E-state index contributed by atoms with van der Waals surface area (Å²) in [6, 6.07) is 33.8. The van der Waals surface area contributed by atoms with Crippen LogP contribution >= 0.6 is 7.82 Å². The molecule has 0 aliphatic heterocycles. The first-order chi connectivity index (χ1) is 16.6. The SMILES string of the molecule is O=P(O)(Oc1cccc2ccccc12)Oc1c(CCOc2ccccc2)ccc2ccccc12. The summed E-state index contributed by atoms with van der Waals surface area (Å²) in [6.45, 7) is 0.388. The van der Waals surface area contributed by atoms with Gasteiger partial charge in [-0.1, -0.05) is 91.0 Å². The molecule has 1 atom stereocenters. The summed E-state index contributed by atoms with van der Waals surface area (Å²) in [5.74, 6) is 1.37. The van der Waals surface area contributed by atoms with Crippen molar-refractivity contribution in [3.8, 4) is 17.2 Å². The van der Waals surface area contributed by atoms with Crippen molar-refractivity contribution in [2.45, 2.75) is 6.42 Å². The summed E-state index contributed by atoms with van der Waals surface area (Å²) in [5, 5.41) is 3.27. The third-order valence-corrected chi connectivity index (χ3v) is 6.36. The Hall–Kier alpha value is -3.79. The fourth-order valence-electron chi connectivity index (χ4n) is 3.92. The Bertz CT molecular complexity index is 1480. The first-order valence-corrected chi connectivity index (χ1v) is 12.5. The average Bonchev–Trinajstić information content (AvgIpc) is 2.86. The summed E-state index contributed by atoms with van der Waals surface area (Å²) in [7, 11) is -4.50. The zero-order valence-corrected chi connectivity index (χ0v) is 19.2. The van der Waals surface area contributed by atoms with Gasteiger partial charge in [-0.2, -0.15) is 0 Å². The molecule has 5 rings (SSSR count). The molecule has 5 aromatic rings. The molecule has 0 saturated heterocycles. The zero-order valence-electron chi connectivity index (χ0n) is 18.3. The average molecular weight is 470 g/mol. The Morgan fingerprint density at radius 3 is 2.09 bits per heavy atom. The molecule has 170 valence electrons. The molecule has 5 aromatic carbocycles. The van der Waals surface area contributed by atoms with Gasteiger partial charge in [-0.25, -0.2) is 4.57 Å². The van der Waals surface area contributed by atoms with Gasteiger partial charge in [0.15, 0.2) is 0 Å². The van der Waals surface area contributed by atoms with E-state index in [-0.39, 0.29) is 5.75 Å². The Labute approximate surface area is 197 Å². The summed E-state index contributed by atoms with van der Waals surface area (Å²) in [4.78, 5) is 10.7. The van der Waals surface area contributed by atoms with Gasteiger partial charge in [0.2, 0.25) is 0 Å². The Morgan fingerprint density at radius 2 is 1.29 bits per heavy atom. The Balaban J connectivity index is 1.44. The van der Waals surface area contributed by atoms with Crippen molar-refractivity contribution in [1.29, 1.82) is 0 Å². The van der Waals surface area contributed by atoms with Gasteiger partial charge >= 0.3 is 7.82 Å². The molecular weight excluding hydrogens is 447 g/mol. The molecule has 5 nitrogen and oxygen atoms in total. The van der Waals surface area contributed by atoms with Crippen molar-refractivity contribution in [3.63, 3.8) is 0 Å². The van der Waals surface area contributed by atoms with Gasteiger partial charge < -0.3 is 13.8 Å². The highest BCUT2D eigenvalue weighted by Crippen LogP contribution is 2.48. The molecule has 1 N–H and O–H groups in total. The van der Waals surface area contributed by atoms with Gasteiger partial charge in [0.05, 0.1) is 6.61 Å². The third-order valence-electron chi connectivity index (χ3n) is 5.51. The van der Waals surface area contributed by atoms with Crippen LogP contribution in [-0.4, -0.2) is 11.5 Å². The summed E-state index contributed by atoms with van der Waals surface area (Å²) < 4.78 is 30.3. The Kier molecular flexibility index (Phi) is 6.22. The van der Waals surface area contributed by atoms with E-state index >= 15 is 0 Å². The lowest BCUT2D eigenvalue weighted by Gasteiger charge is -2.19. The van der Waals surface area contributed by atoms with Crippen LogP contribution in [0.2, 0.25) is 0 Å². The van der Waals surface area contributed by atoms with Gasteiger partial charge in [-0.3, -0.25) is 4.89 Å². The van der Waals surface area contributed by atoms with E-state index in [9.17, 15) is 9.46 Å². The second-order valence-corrected chi connectivity index (χ2v) is 9.12. The second kappa shape index (κ2) is 9.60. The van der Waals surface area contributed by atoms with Gasteiger partial charge in [0, 0.05) is 17.2 Å². The number of hydrogen-bond donors (Lipinski definition) is 1. The number of ether oxygens (including phenoxy) is 1. The van der Waals surface area contributed by atoms with Crippen LogP contribution in [0.25, 0.3) is 21.5 Å². The molecule has 0 aromatic heterocycles. The van der Waals surface area contributed by atoms with Gasteiger partial charge in [-0.05, 0) is 34.5 Å². The topological polar surface area (TPSA) is 65.0 Å². The lowest BCUT2D eigenvalue weighted by Crippen LogP contribution is -2.06. The molecular formula is C28H23O5P. The fraction of sp³-hybridized carbons (Fsp3) is 0.0714. The highest BCUT2D eigenvalue weighted by atomic mass is 31.2. The minimum atomic E-state index is -4.50. The van der Waals surface area contributed by atoms with E-state index in [0.29, 0.717) is 18.8 Å². The third kappa shape index (κ3) is 4.91. The number of phosphoric ester groups is 1. The fourth-order valence-corrected chi connectivity index (χ4v) is 4.81. The van der Waals surface area contributed by atoms with Crippen molar-refractivity contribution >= 4 is 29.4 Å². The summed E-state index contributed by atoms with van der Waals surface area (Å²) >= 11 is 0. The van der Waals surface area contributed by atoms with E-state index < -0.39 is 7.82 Å². The van der Waals surface area contributed by atoms with Crippen molar-refractivity contribution < 1.29 is 23.2 Å². The predicted molar refractivity (Wildman–Crippen MR) is 135 cm³/mol. The first kappa shape index (κ1) is 22.0. The van der Waals surface area contributed by atoms with Crippen LogP contribution in [-0.2, 0) is 11.0 Å². The maximum absolute atomic E-state index is 13.2. The van der Waals surface area contributed by atoms with Crippen LogP contribution in [0.1, 0.15) is 5.56 Å². The monoisotopic (exact) mass is 470 g/mol. The molecule has 34 heavy (non-hydrogen) atoms. The molecule has 6 heteroatoms. The molecule has 0 saturated carbocycles. The van der Waals surface area contributed by atoms with Crippen LogP contribution in [0.5, 0.6) is 17.2 Å². The Morgan fingerprint density at radius 1 is 0.647 bits per heavy atom. The number of benzene rings is 5. The molecule has 0 amide bonds. The summed E-state index contributed by atoms with van der Waals surface area (Å²) in [6.07, 6.45) is 0.489. The summed E-state index contributed by atoms with van der Waals surface area (Å²) in [5.41, 5.74) is 0.755. The van der Waals surface area contributed by atoms with E-state index in [0.717, 1.165) is 32.9 Å². The zero-order chi connectivity index (χ0) is 23.4. The molecule has 1 unspecified atom stereocenters. The van der Waals surface area contributed by atoms with Crippen LogP contribution < -0.4 is 13.8 Å². The van der Waals surface area contributed by atoms with E-state index in [1.54, 1.807) is 12.1 Å². The highest BCUT2D eigenvalue weighted by molar-refractivity contribution is 7.48. The smallest absolute Gasteiger partial charge is 0.493 e. The number of rotatable bonds is 8. The van der Waals surface area contributed by atoms with E-state index in [2.05, 4.69) is 0 Å². The lowest BCUT2D eigenvalue weighted by molar-refractivity contribution is 0.289. The van der Waals surface area contributed by atoms with Crippen molar-refractivity contribution in [2.24, 2.45) is 0 Å². The predicted octanol–water partition coefficient (Wildman–Crippen LogP) is 7.17. The molecule has 0 fully saturated rings. The lowest BCUT2D eigenvalue weighted by atomic mass is 10.0. The molecule has 0 bridgehead atoms. The maximum Gasteiger partial charge on any atom is 0.584 e. The number of fused-ring (bicyclic) bond motifs is 2. The van der Waals surface area contributed by atoms with Crippen molar-refractivity contribution in [1.82, 2.24) is 0 Å².